The number of benzene rings is 2. The number of anilines is 1. The summed E-state index contributed by atoms with van der Waals surface area (Å²) in [5.41, 5.74) is 2.40. The van der Waals surface area contributed by atoms with Gasteiger partial charge in [-0.3, -0.25) is 19.0 Å². The van der Waals surface area contributed by atoms with E-state index in [0.29, 0.717) is 26.2 Å². The van der Waals surface area contributed by atoms with E-state index in [2.05, 4.69) is 26.2 Å². The van der Waals surface area contributed by atoms with Gasteiger partial charge in [-0.25, -0.2) is 4.98 Å². The molecule has 0 spiro atoms. The molecule has 0 atom stereocenters. The summed E-state index contributed by atoms with van der Waals surface area (Å²) in [6, 6.07) is 14.5. The van der Waals surface area contributed by atoms with Crippen molar-refractivity contribution < 1.29 is 9.59 Å². The maximum absolute atomic E-state index is 13.1. The SMILES string of the molecule is Cc1ccccc1NC(=O)c1sc2ncn(CC(=O)c3ccc(Br)cc3)c(=O)c2c1C. The second kappa shape index (κ2) is 8.56. The molecule has 0 aliphatic carbocycles. The monoisotopic (exact) mass is 495 g/mol. The maximum atomic E-state index is 13.1. The third kappa shape index (κ3) is 4.22. The minimum atomic E-state index is -0.334. The number of fused-ring (bicyclic) bond motifs is 1. The van der Waals surface area contributed by atoms with Crippen molar-refractivity contribution in [2.45, 2.75) is 20.4 Å². The summed E-state index contributed by atoms with van der Waals surface area (Å²) in [6.07, 6.45) is 1.36. The number of ketones is 1. The highest BCUT2D eigenvalue weighted by atomic mass is 79.9. The lowest BCUT2D eigenvalue weighted by molar-refractivity contribution is 0.0969. The second-order valence-corrected chi connectivity index (χ2v) is 9.03. The molecule has 0 radical (unpaired) electrons. The molecule has 1 N–H and O–H groups in total. The molecule has 0 unspecified atom stereocenters. The molecule has 4 aromatic rings. The fourth-order valence-corrected chi connectivity index (χ4v) is 4.56. The summed E-state index contributed by atoms with van der Waals surface area (Å²) in [5.74, 6) is -0.479. The van der Waals surface area contributed by atoms with Gasteiger partial charge in [0.15, 0.2) is 5.78 Å². The Balaban J connectivity index is 1.65. The van der Waals surface area contributed by atoms with E-state index >= 15 is 0 Å². The van der Waals surface area contributed by atoms with Crippen LogP contribution in [0.4, 0.5) is 5.69 Å². The zero-order valence-corrected chi connectivity index (χ0v) is 19.2. The number of Topliss-reactive ketones (excluding diaryl/α,β-unsaturated/α-hetero) is 1. The van der Waals surface area contributed by atoms with Crippen LogP contribution < -0.4 is 10.9 Å². The highest BCUT2D eigenvalue weighted by Gasteiger charge is 2.20. The molecular weight excluding hydrogens is 478 g/mol. The quantitative estimate of drug-likeness (QED) is 0.396. The van der Waals surface area contributed by atoms with Crippen LogP contribution in [0.15, 0.2) is 64.1 Å². The van der Waals surface area contributed by atoms with E-state index in [9.17, 15) is 14.4 Å². The zero-order valence-electron chi connectivity index (χ0n) is 16.8. The largest absolute Gasteiger partial charge is 0.321 e. The number of carbonyl (C=O) groups is 2. The summed E-state index contributed by atoms with van der Waals surface area (Å²) in [7, 11) is 0. The third-order valence-corrected chi connectivity index (χ3v) is 6.72. The van der Waals surface area contributed by atoms with Gasteiger partial charge >= 0.3 is 0 Å². The Labute approximate surface area is 190 Å². The molecule has 0 bridgehead atoms. The number of halogens is 1. The Kier molecular flexibility index (Phi) is 5.84. The van der Waals surface area contributed by atoms with Gasteiger partial charge in [0.2, 0.25) is 0 Å². The number of carbonyl (C=O) groups excluding carboxylic acids is 2. The number of rotatable bonds is 5. The molecule has 2 aromatic carbocycles. The lowest BCUT2D eigenvalue weighted by atomic mass is 10.1. The van der Waals surface area contributed by atoms with Gasteiger partial charge in [-0.05, 0) is 43.2 Å². The smallest absolute Gasteiger partial charge is 0.266 e. The summed E-state index contributed by atoms with van der Waals surface area (Å²) in [5, 5.41) is 3.26. The molecule has 8 heteroatoms. The molecule has 2 heterocycles. The molecule has 0 saturated carbocycles. The Bertz CT molecular complexity index is 1370. The fourth-order valence-electron chi connectivity index (χ4n) is 3.26. The predicted octanol–water partition coefficient (Wildman–Crippen LogP) is 4.97. The van der Waals surface area contributed by atoms with Gasteiger partial charge in [-0.1, -0.05) is 46.3 Å². The fraction of sp³-hybridized carbons (Fsp3) is 0.130. The lowest BCUT2D eigenvalue weighted by Crippen LogP contribution is -2.24. The minimum Gasteiger partial charge on any atom is -0.321 e. The predicted molar refractivity (Wildman–Crippen MR) is 126 cm³/mol. The highest BCUT2D eigenvalue weighted by Crippen LogP contribution is 2.28. The van der Waals surface area contributed by atoms with E-state index in [-0.39, 0.29) is 23.8 Å². The Hall–Kier alpha value is -3.10. The number of amides is 1. The lowest BCUT2D eigenvalue weighted by Gasteiger charge is -2.07. The number of para-hydroxylation sites is 1. The normalized spacial score (nSPS) is 10.9. The Morgan fingerprint density at radius 1 is 1.10 bits per heavy atom. The van der Waals surface area contributed by atoms with Crippen LogP contribution in [0.5, 0.6) is 0 Å². The van der Waals surface area contributed by atoms with E-state index in [1.807, 2.05) is 31.2 Å². The molecule has 0 aliphatic rings. The standard InChI is InChI=1S/C23H18BrN3O3S/c1-13-5-3-4-6-17(13)26-21(29)20-14(2)19-22(31-20)25-12-27(23(19)30)11-18(28)15-7-9-16(24)10-8-15/h3-10,12H,11H2,1-2H3,(H,26,29). The molecule has 2 aromatic heterocycles. The van der Waals surface area contributed by atoms with Crippen LogP contribution in [-0.2, 0) is 6.54 Å². The minimum absolute atomic E-state index is 0.122. The molecule has 1 amide bonds. The van der Waals surface area contributed by atoms with Crippen molar-refractivity contribution in [3.63, 3.8) is 0 Å². The van der Waals surface area contributed by atoms with E-state index in [4.69, 9.17) is 0 Å². The molecule has 0 fully saturated rings. The van der Waals surface area contributed by atoms with Crippen LogP contribution in [-0.4, -0.2) is 21.2 Å². The van der Waals surface area contributed by atoms with Crippen molar-refractivity contribution in [3.05, 3.63) is 91.3 Å². The van der Waals surface area contributed by atoms with E-state index in [1.54, 1.807) is 31.2 Å². The molecular formula is C23H18BrN3O3S. The molecule has 6 nitrogen and oxygen atoms in total. The van der Waals surface area contributed by atoms with Gasteiger partial charge in [0.05, 0.1) is 23.1 Å². The van der Waals surface area contributed by atoms with E-state index < -0.39 is 0 Å². The zero-order chi connectivity index (χ0) is 22.1. The average molecular weight is 496 g/mol. The van der Waals surface area contributed by atoms with E-state index in [1.165, 1.54) is 22.2 Å². The van der Waals surface area contributed by atoms with Gasteiger partial charge < -0.3 is 5.32 Å². The molecule has 4 rings (SSSR count). The van der Waals surface area contributed by atoms with Crippen molar-refractivity contribution >= 4 is 54.9 Å². The topological polar surface area (TPSA) is 81.1 Å². The maximum Gasteiger partial charge on any atom is 0.266 e. The summed E-state index contributed by atoms with van der Waals surface area (Å²) in [4.78, 5) is 43.7. The molecule has 156 valence electrons. The van der Waals surface area contributed by atoms with Crippen molar-refractivity contribution in [2.24, 2.45) is 0 Å². The van der Waals surface area contributed by atoms with Crippen molar-refractivity contribution in [1.29, 1.82) is 0 Å². The first-order valence-corrected chi connectivity index (χ1v) is 11.1. The van der Waals surface area contributed by atoms with Gasteiger partial charge in [0.1, 0.15) is 4.83 Å². The number of hydrogen-bond donors (Lipinski definition) is 1. The van der Waals surface area contributed by atoms with Gasteiger partial charge in [-0.15, -0.1) is 11.3 Å². The van der Waals surface area contributed by atoms with Crippen LogP contribution in [0.1, 0.15) is 31.2 Å². The number of nitrogens with zero attached hydrogens (tertiary/aromatic N) is 2. The molecule has 31 heavy (non-hydrogen) atoms. The van der Waals surface area contributed by atoms with Crippen molar-refractivity contribution in [1.82, 2.24) is 9.55 Å². The first kappa shape index (κ1) is 21.1. The summed E-state index contributed by atoms with van der Waals surface area (Å²) in [6.45, 7) is 3.52. The highest BCUT2D eigenvalue weighted by molar-refractivity contribution is 9.10. The van der Waals surface area contributed by atoms with E-state index in [0.717, 1.165) is 15.7 Å². The number of thiophene rings is 1. The molecule has 0 aliphatic heterocycles. The first-order chi connectivity index (χ1) is 14.8. The Morgan fingerprint density at radius 2 is 1.81 bits per heavy atom. The second-order valence-electron chi connectivity index (χ2n) is 7.11. The summed E-state index contributed by atoms with van der Waals surface area (Å²) >= 11 is 4.51. The third-order valence-electron chi connectivity index (χ3n) is 5.00. The van der Waals surface area contributed by atoms with Crippen molar-refractivity contribution in [3.8, 4) is 0 Å². The van der Waals surface area contributed by atoms with Gasteiger partial charge in [0, 0.05) is 15.7 Å². The Morgan fingerprint density at radius 3 is 2.52 bits per heavy atom. The first-order valence-electron chi connectivity index (χ1n) is 9.49. The number of hydrogen-bond acceptors (Lipinski definition) is 5. The van der Waals surface area contributed by atoms with Crippen LogP contribution in [0.25, 0.3) is 10.2 Å². The van der Waals surface area contributed by atoms with Gasteiger partial charge in [-0.2, -0.15) is 0 Å². The number of nitrogens with one attached hydrogen (secondary N) is 1. The van der Waals surface area contributed by atoms with Crippen LogP contribution in [0.2, 0.25) is 0 Å². The summed E-state index contributed by atoms with van der Waals surface area (Å²) < 4.78 is 2.16. The van der Waals surface area contributed by atoms with Crippen LogP contribution in [0, 0.1) is 13.8 Å². The average Bonchev–Trinajstić information content (AvgIpc) is 3.09. The molecule has 0 saturated heterocycles. The van der Waals surface area contributed by atoms with Crippen LogP contribution >= 0.6 is 27.3 Å². The number of aromatic nitrogens is 2. The number of aryl methyl sites for hydroxylation is 2. The van der Waals surface area contributed by atoms with Crippen LogP contribution in [0.3, 0.4) is 0 Å². The van der Waals surface area contributed by atoms with Gasteiger partial charge in [0.25, 0.3) is 11.5 Å². The van der Waals surface area contributed by atoms with Crippen molar-refractivity contribution in [2.75, 3.05) is 5.32 Å².